The number of hydrogen-bond acceptors (Lipinski definition) is 4. The van der Waals surface area contributed by atoms with Crippen molar-refractivity contribution in [2.45, 2.75) is 19.4 Å². The fourth-order valence-electron chi connectivity index (χ4n) is 1.32. The predicted octanol–water partition coefficient (Wildman–Crippen LogP) is 0.557. The minimum Gasteiger partial charge on any atom is -0.329 e. The maximum Gasteiger partial charge on any atom is 0.213 e. The quantitative estimate of drug-likeness (QED) is 0.772. The highest BCUT2D eigenvalue weighted by Gasteiger charge is 2.13. The Morgan fingerprint density at radius 3 is 2.87 bits per heavy atom. The van der Waals surface area contributed by atoms with E-state index < -0.39 is 10.0 Å². The van der Waals surface area contributed by atoms with Gasteiger partial charge in [0.1, 0.15) is 0 Å². The Bertz CT molecular complexity index is 373. The summed E-state index contributed by atoms with van der Waals surface area (Å²) in [5.41, 5.74) is 6.36. The SMILES string of the molecule is CC(Cc1ccsc1)NS(=O)(=O)CCN. The van der Waals surface area contributed by atoms with Gasteiger partial charge in [-0.3, -0.25) is 0 Å². The molecule has 0 spiro atoms. The molecule has 3 N–H and O–H groups in total. The molecular formula is C9H16N2O2S2. The summed E-state index contributed by atoms with van der Waals surface area (Å²) in [4.78, 5) is 0. The van der Waals surface area contributed by atoms with Crippen molar-refractivity contribution in [2.75, 3.05) is 12.3 Å². The Morgan fingerprint density at radius 2 is 2.33 bits per heavy atom. The molecule has 1 aromatic heterocycles. The normalized spacial score (nSPS) is 14.0. The third-order valence-corrected chi connectivity index (χ3v) is 4.16. The van der Waals surface area contributed by atoms with Crippen LogP contribution in [0, 0.1) is 0 Å². The molecule has 0 saturated heterocycles. The van der Waals surface area contributed by atoms with Crippen LogP contribution < -0.4 is 10.5 Å². The molecule has 0 aromatic carbocycles. The summed E-state index contributed by atoms with van der Waals surface area (Å²) in [7, 11) is -3.21. The maximum absolute atomic E-state index is 11.4. The van der Waals surface area contributed by atoms with Crippen molar-refractivity contribution in [1.29, 1.82) is 0 Å². The van der Waals surface area contributed by atoms with Crippen LogP contribution in [0.5, 0.6) is 0 Å². The van der Waals surface area contributed by atoms with Crippen LogP contribution in [0.3, 0.4) is 0 Å². The number of sulfonamides is 1. The lowest BCUT2D eigenvalue weighted by Crippen LogP contribution is -2.37. The van der Waals surface area contributed by atoms with E-state index in [4.69, 9.17) is 5.73 Å². The van der Waals surface area contributed by atoms with Crippen molar-refractivity contribution in [3.05, 3.63) is 22.4 Å². The largest absolute Gasteiger partial charge is 0.329 e. The van der Waals surface area contributed by atoms with Crippen LogP contribution in [-0.4, -0.2) is 26.8 Å². The van der Waals surface area contributed by atoms with Crippen LogP contribution in [0.2, 0.25) is 0 Å². The third kappa shape index (κ3) is 4.74. The van der Waals surface area contributed by atoms with Gasteiger partial charge in [0.15, 0.2) is 0 Å². The lowest BCUT2D eigenvalue weighted by atomic mass is 10.1. The molecule has 1 unspecified atom stereocenters. The molecule has 1 atom stereocenters. The summed E-state index contributed by atoms with van der Waals surface area (Å²) < 4.78 is 25.4. The maximum atomic E-state index is 11.4. The van der Waals surface area contributed by atoms with Gasteiger partial charge in [-0.25, -0.2) is 13.1 Å². The van der Waals surface area contributed by atoms with Gasteiger partial charge < -0.3 is 5.73 Å². The lowest BCUT2D eigenvalue weighted by Gasteiger charge is -2.12. The number of nitrogens with two attached hydrogens (primary N) is 1. The van der Waals surface area contributed by atoms with Gasteiger partial charge in [-0.15, -0.1) is 0 Å². The van der Waals surface area contributed by atoms with Gasteiger partial charge in [0.05, 0.1) is 5.75 Å². The average Bonchev–Trinajstić information content (AvgIpc) is 2.54. The summed E-state index contributed by atoms with van der Waals surface area (Å²) in [5, 5.41) is 4.00. The summed E-state index contributed by atoms with van der Waals surface area (Å²) in [6.07, 6.45) is 0.716. The average molecular weight is 248 g/mol. The molecule has 15 heavy (non-hydrogen) atoms. The zero-order chi connectivity index (χ0) is 11.3. The van der Waals surface area contributed by atoms with Crippen LogP contribution in [0.25, 0.3) is 0 Å². The first-order valence-electron chi connectivity index (χ1n) is 4.74. The predicted molar refractivity (Wildman–Crippen MR) is 63.5 cm³/mol. The summed E-state index contributed by atoms with van der Waals surface area (Å²) >= 11 is 1.61. The first-order chi connectivity index (χ1) is 7.03. The molecule has 4 nitrogen and oxygen atoms in total. The van der Waals surface area contributed by atoms with Gasteiger partial charge in [0.25, 0.3) is 0 Å². The number of rotatable bonds is 6. The molecule has 0 bridgehead atoms. The Balaban J connectivity index is 2.46. The van der Waals surface area contributed by atoms with E-state index in [0.29, 0.717) is 6.42 Å². The molecule has 1 heterocycles. The Labute approximate surface area is 94.5 Å². The zero-order valence-corrected chi connectivity index (χ0v) is 10.3. The van der Waals surface area contributed by atoms with E-state index >= 15 is 0 Å². The Hall–Kier alpha value is -0.430. The molecular weight excluding hydrogens is 232 g/mol. The molecule has 0 aliphatic rings. The van der Waals surface area contributed by atoms with Crippen LogP contribution in [0.15, 0.2) is 16.8 Å². The van der Waals surface area contributed by atoms with Gasteiger partial charge in [-0.2, -0.15) is 11.3 Å². The van der Waals surface area contributed by atoms with Crippen LogP contribution in [0.4, 0.5) is 0 Å². The topological polar surface area (TPSA) is 72.2 Å². The summed E-state index contributed by atoms with van der Waals surface area (Å²) in [6, 6.07) is 1.91. The number of nitrogens with one attached hydrogen (secondary N) is 1. The molecule has 0 aliphatic carbocycles. The fourth-order valence-corrected chi connectivity index (χ4v) is 3.13. The van der Waals surface area contributed by atoms with Crippen LogP contribution in [-0.2, 0) is 16.4 Å². The second kappa shape index (κ2) is 5.60. The van der Waals surface area contributed by atoms with Crippen molar-refractivity contribution in [3.8, 4) is 0 Å². The molecule has 0 amide bonds. The van der Waals surface area contributed by atoms with Gasteiger partial charge in [-0.1, -0.05) is 0 Å². The Morgan fingerprint density at radius 1 is 1.60 bits per heavy atom. The van der Waals surface area contributed by atoms with Crippen LogP contribution >= 0.6 is 11.3 Å². The van der Waals surface area contributed by atoms with Crippen molar-refractivity contribution < 1.29 is 8.42 Å². The first kappa shape index (κ1) is 12.6. The van der Waals surface area contributed by atoms with Crippen molar-refractivity contribution in [1.82, 2.24) is 4.72 Å². The summed E-state index contributed by atoms with van der Waals surface area (Å²) in [5.74, 6) is -0.0129. The smallest absolute Gasteiger partial charge is 0.213 e. The van der Waals surface area contributed by atoms with Gasteiger partial charge in [0, 0.05) is 12.6 Å². The van der Waals surface area contributed by atoms with E-state index in [1.807, 2.05) is 23.8 Å². The number of hydrogen-bond donors (Lipinski definition) is 2. The van der Waals surface area contributed by atoms with Gasteiger partial charge >= 0.3 is 0 Å². The van der Waals surface area contributed by atoms with E-state index in [1.165, 1.54) is 0 Å². The molecule has 0 saturated carbocycles. The monoisotopic (exact) mass is 248 g/mol. The van der Waals surface area contributed by atoms with Gasteiger partial charge in [-0.05, 0) is 35.7 Å². The Kier molecular flexibility index (Phi) is 4.72. The summed E-state index contributed by atoms with van der Waals surface area (Å²) in [6.45, 7) is 2.01. The molecule has 86 valence electrons. The van der Waals surface area contributed by atoms with E-state index in [-0.39, 0.29) is 18.3 Å². The zero-order valence-electron chi connectivity index (χ0n) is 8.64. The minimum absolute atomic E-state index is 0.0129. The van der Waals surface area contributed by atoms with Crippen molar-refractivity contribution in [3.63, 3.8) is 0 Å². The van der Waals surface area contributed by atoms with E-state index in [0.717, 1.165) is 5.56 Å². The molecule has 0 fully saturated rings. The highest BCUT2D eigenvalue weighted by Crippen LogP contribution is 2.08. The van der Waals surface area contributed by atoms with Crippen molar-refractivity contribution in [2.24, 2.45) is 5.73 Å². The van der Waals surface area contributed by atoms with E-state index in [1.54, 1.807) is 11.3 Å². The third-order valence-electron chi connectivity index (χ3n) is 1.89. The lowest BCUT2D eigenvalue weighted by molar-refractivity contribution is 0.560. The molecule has 1 rings (SSSR count). The van der Waals surface area contributed by atoms with Gasteiger partial charge in [0.2, 0.25) is 10.0 Å². The van der Waals surface area contributed by atoms with E-state index in [9.17, 15) is 8.42 Å². The standard InChI is InChI=1S/C9H16N2O2S2/c1-8(6-9-2-4-14-7-9)11-15(12,13)5-3-10/h2,4,7-8,11H,3,5-6,10H2,1H3. The highest BCUT2D eigenvalue weighted by atomic mass is 32.2. The number of thiophene rings is 1. The van der Waals surface area contributed by atoms with Crippen molar-refractivity contribution >= 4 is 21.4 Å². The molecule has 1 aromatic rings. The highest BCUT2D eigenvalue weighted by molar-refractivity contribution is 7.89. The van der Waals surface area contributed by atoms with E-state index in [2.05, 4.69) is 4.72 Å². The fraction of sp³-hybridized carbons (Fsp3) is 0.556. The molecule has 6 heteroatoms. The second-order valence-electron chi connectivity index (χ2n) is 3.46. The van der Waals surface area contributed by atoms with Crippen LogP contribution in [0.1, 0.15) is 12.5 Å². The second-order valence-corrected chi connectivity index (χ2v) is 6.12. The molecule has 0 aliphatic heterocycles. The molecule has 0 radical (unpaired) electrons. The minimum atomic E-state index is -3.21. The first-order valence-corrected chi connectivity index (χ1v) is 7.34.